The summed E-state index contributed by atoms with van der Waals surface area (Å²) in [4.78, 5) is 20.7. The topological polar surface area (TPSA) is 51.6 Å². The average Bonchev–Trinajstić information content (AvgIpc) is 3.21. The van der Waals surface area contributed by atoms with Gasteiger partial charge < -0.3 is 0 Å². The summed E-state index contributed by atoms with van der Waals surface area (Å²) in [7, 11) is 0. The van der Waals surface area contributed by atoms with Gasteiger partial charge in [0.05, 0.1) is 11.2 Å². The van der Waals surface area contributed by atoms with E-state index in [0.29, 0.717) is 17.5 Å². The minimum atomic E-state index is 0.602. The smallest absolute Gasteiger partial charge is 0.164 e. The number of hydrogen-bond acceptors (Lipinski definition) is 4. The molecule has 0 aliphatic carbocycles. The van der Waals surface area contributed by atoms with E-state index in [-0.39, 0.29) is 0 Å². The molecule has 234 valence electrons. The van der Waals surface area contributed by atoms with Crippen LogP contribution < -0.4 is 0 Å². The predicted octanol–water partition coefficient (Wildman–Crippen LogP) is 11.6. The Morgan fingerprint density at radius 2 is 0.780 bits per heavy atom. The average molecular weight is 639 g/mol. The third kappa shape index (κ3) is 5.49. The van der Waals surface area contributed by atoms with E-state index in [1.807, 2.05) is 42.5 Å². The van der Waals surface area contributed by atoms with E-state index in [4.69, 9.17) is 19.9 Å². The molecule has 0 saturated heterocycles. The summed E-state index contributed by atoms with van der Waals surface area (Å²) in [6.45, 7) is 0. The third-order valence-corrected chi connectivity index (χ3v) is 9.11. The van der Waals surface area contributed by atoms with Crippen LogP contribution in [0.3, 0.4) is 0 Å². The van der Waals surface area contributed by atoms with Gasteiger partial charge in [0.1, 0.15) is 0 Å². The van der Waals surface area contributed by atoms with Crippen LogP contribution in [0.1, 0.15) is 0 Å². The summed E-state index contributed by atoms with van der Waals surface area (Å²) in [5, 5.41) is 3.25. The normalized spacial score (nSPS) is 11.2. The van der Waals surface area contributed by atoms with Crippen LogP contribution in [0.25, 0.3) is 89.4 Å². The first-order chi connectivity index (χ1) is 24.8. The second kappa shape index (κ2) is 12.7. The highest BCUT2D eigenvalue weighted by Crippen LogP contribution is 2.40. The summed E-state index contributed by atoms with van der Waals surface area (Å²) in [5.41, 5.74) is 10.1. The fraction of sp³-hybridized carbons (Fsp3) is 0. The maximum atomic E-state index is 5.30. The second-order valence-corrected chi connectivity index (χ2v) is 12.3. The highest BCUT2D eigenvalue weighted by molar-refractivity contribution is 6.18. The van der Waals surface area contributed by atoms with Crippen LogP contribution in [-0.4, -0.2) is 19.9 Å². The maximum absolute atomic E-state index is 5.30. The fourth-order valence-corrected chi connectivity index (χ4v) is 6.70. The van der Waals surface area contributed by atoms with Gasteiger partial charge in [0.2, 0.25) is 0 Å². The number of benzene rings is 7. The Labute approximate surface area is 290 Å². The molecule has 2 heterocycles. The predicted molar refractivity (Wildman–Crippen MR) is 205 cm³/mol. The van der Waals surface area contributed by atoms with E-state index in [1.165, 1.54) is 0 Å². The van der Waals surface area contributed by atoms with Gasteiger partial charge in [-0.2, -0.15) is 0 Å². The molecular formula is C46H30N4. The number of pyridine rings is 1. The van der Waals surface area contributed by atoms with Crippen LogP contribution in [0.4, 0.5) is 0 Å². The van der Waals surface area contributed by atoms with Crippen LogP contribution in [-0.2, 0) is 0 Å². The van der Waals surface area contributed by atoms with E-state index in [9.17, 15) is 0 Å². The van der Waals surface area contributed by atoms with Gasteiger partial charge in [-0.05, 0) is 51.2 Å². The Hall–Kier alpha value is -6.78. The van der Waals surface area contributed by atoms with Crippen LogP contribution in [0.5, 0.6) is 0 Å². The summed E-state index contributed by atoms with van der Waals surface area (Å²) in [5.74, 6) is 1.84. The van der Waals surface area contributed by atoms with E-state index in [1.54, 1.807) is 0 Å². The molecule has 0 N–H and O–H groups in total. The van der Waals surface area contributed by atoms with E-state index in [2.05, 4.69) is 140 Å². The zero-order chi connectivity index (χ0) is 33.3. The van der Waals surface area contributed by atoms with Crippen molar-refractivity contribution in [1.82, 2.24) is 19.9 Å². The highest BCUT2D eigenvalue weighted by Gasteiger charge is 2.19. The largest absolute Gasteiger partial charge is 0.248 e. The van der Waals surface area contributed by atoms with Gasteiger partial charge in [-0.25, -0.2) is 19.9 Å². The lowest BCUT2D eigenvalue weighted by Gasteiger charge is -2.16. The Morgan fingerprint density at radius 1 is 0.280 bits per heavy atom. The molecular weight excluding hydrogens is 609 g/mol. The molecule has 0 aliphatic rings. The zero-order valence-electron chi connectivity index (χ0n) is 27.1. The number of aromatic nitrogens is 4. The first-order valence-electron chi connectivity index (χ1n) is 16.7. The molecule has 0 aliphatic heterocycles. The van der Waals surface area contributed by atoms with Crippen LogP contribution >= 0.6 is 0 Å². The van der Waals surface area contributed by atoms with Gasteiger partial charge in [-0.3, -0.25) is 0 Å². The molecule has 7 aromatic carbocycles. The van der Waals surface area contributed by atoms with Crippen LogP contribution in [0.2, 0.25) is 0 Å². The lowest BCUT2D eigenvalue weighted by molar-refractivity contribution is 1.08. The molecule has 2 aromatic heterocycles. The quantitative estimate of drug-likeness (QED) is 0.170. The minimum Gasteiger partial charge on any atom is -0.248 e. The van der Waals surface area contributed by atoms with Gasteiger partial charge in [0.15, 0.2) is 17.5 Å². The Balaban J connectivity index is 1.32. The molecule has 0 fully saturated rings. The zero-order valence-corrected chi connectivity index (χ0v) is 27.1. The molecule has 9 rings (SSSR count). The Morgan fingerprint density at radius 3 is 1.46 bits per heavy atom. The second-order valence-electron chi connectivity index (χ2n) is 12.3. The molecule has 0 atom stereocenters. The van der Waals surface area contributed by atoms with Crippen molar-refractivity contribution in [1.29, 1.82) is 0 Å². The van der Waals surface area contributed by atoms with Gasteiger partial charge in [0, 0.05) is 27.6 Å². The van der Waals surface area contributed by atoms with Crippen molar-refractivity contribution >= 4 is 21.7 Å². The van der Waals surface area contributed by atoms with Crippen LogP contribution in [0, 0.1) is 0 Å². The molecule has 0 amide bonds. The van der Waals surface area contributed by atoms with Gasteiger partial charge in [0.25, 0.3) is 0 Å². The van der Waals surface area contributed by atoms with Gasteiger partial charge >= 0.3 is 0 Å². The van der Waals surface area contributed by atoms with E-state index < -0.39 is 0 Å². The number of nitrogens with zero attached hydrogens (tertiary/aromatic N) is 4. The third-order valence-electron chi connectivity index (χ3n) is 9.11. The fourth-order valence-electron chi connectivity index (χ4n) is 6.70. The molecule has 50 heavy (non-hydrogen) atoms. The summed E-state index contributed by atoms with van der Waals surface area (Å²) in [6.07, 6.45) is 0. The SMILES string of the molecule is c1ccc(-c2cccc(-c3nc(-c4ccccc4)nc(-c4cc5nc(-c6ccccc6)cc(-c6ccccc6)c5c5ccccc45)n3)c2)cc1. The number of rotatable bonds is 6. The molecule has 9 aromatic rings. The molecule has 0 spiro atoms. The summed E-state index contributed by atoms with van der Waals surface area (Å²) in [6, 6.07) is 62.7. The minimum absolute atomic E-state index is 0.602. The van der Waals surface area contributed by atoms with Crippen molar-refractivity contribution < 1.29 is 0 Å². The summed E-state index contributed by atoms with van der Waals surface area (Å²) < 4.78 is 0. The Kier molecular flexibility index (Phi) is 7.45. The Bertz CT molecular complexity index is 2620. The first-order valence-corrected chi connectivity index (χ1v) is 16.7. The standard InChI is InChI=1S/C46H30N4/c1-5-16-31(17-6-1)35-24-15-25-36(28-35)45-48-44(34-22-11-4-12-23-34)49-46(50-45)40-30-42-43(38-27-14-13-26-37(38)40)39(32-18-7-2-8-19-32)29-41(47-42)33-20-9-3-10-21-33/h1-30H. The first kappa shape index (κ1) is 29.4. The van der Waals surface area contributed by atoms with Gasteiger partial charge in [-0.15, -0.1) is 0 Å². The van der Waals surface area contributed by atoms with Crippen molar-refractivity contribution in [3.05, 3.63) is 182 Å². The number of fused-ring (bicyclic) bond motifs is 3. The molecule has 4 heteroatoms. The van der Waals surface area contributed by atoms with Crippen LogP contribution in [0.15, 0.2) is 182 Å². The summed E-state index contributed by atoms with van der Waals surface area (Å²) >= 11 is 0. The monoisotopic (exact) mass is 638 g/mol. The number of hydrogen-bond donors (Lipinski definition) is 0. The van der Waals surface area contributed by atoms with Crippen molar-refractivity contribution in [2.75, 3.05) is 0 Å². The maximum Gasteiger partial charge on any atom is 0.164 e. The molecule has 0 radical (unpaired) electrons. The lowest BCUT2D eigenvalue weighted by atomic mass is 9.92. The van der Waals surface area contributed by atoms with E-state index in [0.717, 1.165) is 71.9 Å². The van der Waals surface area contributed by atoms with Crippen molar-refractivity contribution in [3.63, 3.8) is 0 Å². The molecule has 4 nitrogen and oxygen atoms in total. The van der Waals surface area contributed by atoms with Gasteiger partial charge in [-0.1, -0.05) is 164 Å². The molecule has 0 saturated carbocycles. The van der Waals surface area contributed by atoms with Crippen molar-refractivity contribution in [2.24, 2.45) is 0 Å². The van der Waals surface area contributed by atoms with E-state index >= 15 is 0 Å². The lowest BCUT2D eigenvalue weighted by Crippen LogP contribution is -2.01. The van der Waals surface area contributed by atoms with Crippen molar-refractivity contribution in [3.8, 4) is 67.7 Å². The molecule has 0 unspecified atom stereocenters. The highest BCUT2D eigenvalue weighted by atomic mass is 15.0. The van der Waals surface area contributed by atoms with Crippen molar-refractivity contribution in [2.45, 2.75) is 0 Å². The molecule has 0 bridgehead atoms.